The van der Waals surface area contributed by atoms with Crippen molar-refractivity contribution in [3.8, 4) is 0 Å². The van der Waals surface area contributed by atoms with Gasteiger partial charge in [-0.15, -0.1) is 0 Å². The fourth-order valence-electron chi connectivity index (χ4n) is 7.28. The Labute approximate surface area is 268 Å². The molecule has 4 aliphatic rings. The fourth-order valence-corrected chi connectivity index (χ4v) is 7.28. The van der Waals surface area contributed by atoms with Crippen molar-refractivity contribution in [2.75, 3.05) is 47.8 Å². The topological polar surface area (TPSA) is 113 Å². The highest BCUT2D eigenvalue weighted by Gasteiger charge is 2.56. The van der Waals surface area contributed by atoms with Gasteiger partial charge in [0.2, 0.25) is 0 Å². The average Bonchev–Trinajstić information content (AvgIpc) is 3.27. The van der Waals surface area contributed by atoms with Crippen molar-refractivity contribution in [2.45, 2.75) is 132 Å². The van der Waals surface area contributed by atoms with Gasteiger partial charge in [-0.25, -0.2) is 0 Å². The van der Waals surface area contributed by atoms with Gasteiger partial charge in [-0.1, -0.05) is 30.3 Å². The SMILES string of the molecule is COCOCCC[C@H]1O[C@H]2CC[C@@]3(C)O[C@@H]4C(OCOCc5ccccc5)C[C@@H](CO)O[C@@H]4C[C@@H]3O[C@@H]2CC[C@]1(C)OCOC. The summed E-state index contributed by atoms with van der Waals surface area (Å²) in [6.07, 6.45) is 4.31. The number of methoxy groups -OCH3 is 2. The summed E-state index contributed by atoms with van der Waals surface area (Å²) in [5, 5.41) is 10.0. The molecular weight excluding hydrogens is 584 g/mol. The molecule has 256 valence electrons. The molecule has 1 unspecified atom stereocenters. The summed E-state index contributed by atoms with van der Waals surface area (Å²) in [7, 11) is 3.26. The molecule has 4 aliphatic heterocycles. The van der Waals surface area contributed by atoms with Crippen molar-refractivity contribution in [1.82, 2.24) is 0 Å². The van der Waals surface area contributed by atoms with E-state index in [4.69, 9.17) is 47.4 Å². The molecule has 0 aliphatic carbocycles. The number of aliphatic hydroxyl groups excluding tert-OH is 1. The maximum atomic E-state index is 10.0. The molecule has 5 rings (SSSR count). The fraction of sp³-hybridized carbons (Fsp3) is 0.824. The van der Waals surface area contributed by atoms with Gasteiger partial charge in [0.05, 0.1) is 67.1 Å². The van der Waals surface area contributed by atoms with Crippen molar-refractivity contribution in [3.05, 3.63) is 35.9 Å². The minimum atomic E-state index is -0.530. The van der Waals surface area contributed by atoms with Gasteiger partial charge in [-0.3, -0.25) is 0 Å². The first-order chi connectivity index (χ1) is 21.9. The molecule has 10 atom stereocenters. The van der Waals surface area contributed by atoms with E-state index in [0.717, 1.165) is 44.1 Å². The number of hydrogen-bond donors (Lipinski definition) is 1. The summed E-state index contributed by atoms with van der Waals surface area (Å²) in [4.78, 5) is 0. The number of aliphatic hydroxyl groups is 1. The van der Waals surface area contributed by atoms with Gasteiger partial charge >= 0.3 is 0 Å². The van der Waals surface area contributed by atoms with Crippen LogP contribution in [0.4, 0.5) is 0 Å². The van der Waals surface area contributed by atoms with Gasteiger partial charge in [0.25, 0.3) is 0 Å². The van der Waals surface area contributed by atoms with Crippen LogP contribution in [0.5, 0.6) is 0 Å². The van der Waals surface area contributed by atoms with Gasteiger partial charge in [0.1, 0.15) is 26.5 Å². The minimum absolute atomic E-state index is 0.0762. The molecule has 0 spiro atoms. The molecule has 1 N–H and O–H groups in total. The predicted octanol–water partition coefficient (Wildman–Crippen LogP) is 4.12. The van der Waals surface area contributed by atoms with Gasteiger partial charge in [-0.2, -0.15) is 0 Å². The maximum Gasteiger partial charge on any atom is 0.147 e. The molecule has 45 heavy (non-hydrogen) atoms. The van der Waals surface area contributed by atoms with Crippen molar-refractivity contribution in [2.24, 2.45) is 0 Å². The van der Waals surface area contributed by atoms with Crippen LogP contribution in [0.25, 0.3) is 0 Å². The Morgan fingerprint density at radius 3 is 2.42 bits per heavy atom. The lowest BCUT2D eigenvalue weighted by Crippen LogP contribution is -2.63. The molecule has 11 nitrogen and oxygen atoms in total. The second-order valence-corrected chi connectivity index (χ2v) is 13.2. The summed E-state index contributed by atoms with van der Waals surface area (Å²) >= 11 is 0. The Balaban J connectivity index is 1.24. The Bertz CT molecular complexity index is 1000. The van der Waals surface area contributed by atoms with E-state index in [-0.39, 0.29) is 75.8 Å². The average molecular weight is 639 g/mol. The van der Waals surface area contributed by atoms with Crippen LogP contribution < -0.4 is 0 Å². The van der Waals surface area contributed by atoms with Crippen LogP contribution in [-0.4, -0.2) is 113 Å². The van der Waals surface area contributed by atoms with Gasteiger partial charge in [0.15, 0.2) is 0 Å². The summed E-state index contributed by atoms with van der Waals surface area (Å²) < 4.78 is 61.3. The van der Waals surface area contributed by atoms with E-state index in [2.05, 4.69) is 13.8 Å². The Kier molecular flexibility index (Phi) is 13.1. The van der Waals surface area contributed by atoms with Crippen LogP contribution in [0, 0.1) is 0 Å². The highest BCUT2D eigenvalue weighted by atomic mass is 16.7. The number of rotatable bonds is 15. The second kappa shape index (κ2) is 16.7. The van der Waals surface area contributed by atoms with Crippen LogP contribution in [0.1, 0.15) is 70.8 Å². The standard InChI is InChI=1S/C34H54O11/c1-33(41-22-37-4)14-12-27-26(43-30(33)11-8-16-38-21-36-3)13-15-34(2)31(44-27)18-29-32(45-34)28(17-25(19-35)42-29)40-23-39-20-24-9-6-5-7-10-24/h5-7,9-10,25-32,35H,8,11-23H2,1-4H3/t25-,26-,27+,28?,29+,30+,31-,32+,33-,34+/m0/s1. The highest BCUT2D eigenvalue weighted by molar-refractivity contribution is 5.13. The van der Waals surface area contributed by atoms with E-state index < -0.39 is 11.2 Å². The highest BCUT2D eigenvalue weighted by Crippen LogP contribution is 2.46. The Hall–Kier alpha value is -1.22. The van der Waals surface area contributed by atoms with Crippen LogP contribution in [-0.2, 0) is 54.0 Å². The molecule has 0 amide bonds. The maximum absolute atomic E-state index is 10.0. The van der Waals surface area contributed by atoms with Crippen LogP contribution in [0.3, 0.4) is 0 Å². The molecule has 1 aromatic rings. The van der Waals surface area contributed by atoms with E-state index in [1.54, 1.807) is 14.2 Å². The first-order valence-corrected chi connectivity index (χ1v) is 16.6. The largest absolute Gasteiger partial charge is 0.394 e. The summed E-state index contributed by atoms with van der Waals surface area (Å²) in [6, 6.07) is 10.0. The lowest BCUT2D eigenvalue weighted by molar-refractivity contribution is -0.305. The normalized spacial score (nSPS) is 38.4. The number of hydrogen-bond acceptors (Lipinski definition) is 11. The summed E-state index contributed by atoms with van der Waals surface area (Å²) in [5.74, 6) is 0. The van der Waals surface area contributed by atoms with E-state index in [9.17, 15) is 5.11 Å². The molecule has 0 bridgehead atoms. The predicted molar refractivity (Wildman–Crippen MR) is 163 cm³/mol. The zero-order valence-electron chi connectivity index (χ0n) is 27.4. The first-order valence-electron chi connectivity index (χ1n) is 16.6. The minimum Gasteiger partial charge on any atom is -0.394 e. The lowest BCUT2D eigenvalue weighted by atomic mass is 9.82. The second-order valence-electron chi connectivity index (χ2n) is 13.2. The van der Waals surface area contributed by atoms with Crippen molar-refractivity contribution < 1.29 is 52.5 Å². The summed E-state index contributed by atoms with van der Waals surface area (Å²) in [6.45, 7) is 5.86. The molecule has 4 fully saturated rings. The molecule has 11 heteroatoms. The molecule has 4 saturated heterocycles. The number of fused-ring (bicyclic) bond motifs is 3. The third kappa shape index (κ3) is 9.03. The van der Waals surface area contributed by atoms with Crippen LogP contribution in [0.2, 0.25) is 0 Å². The van der Waals surface area contributed by atoms with Crippen molar-refractivity contribution in [3.63, 3.8) is 0 Å². The zero-order chi connectivity index (χ0) is 31.7. The van der Waals surface area contributed by atoms with Gasteiger partial charge in [0, 0.05) is 33.7 Å². The lowest BCUT2D eigenvalue weighted by Gasteiger charge is -2.52. The third-order valence-corrected chi connectivity index (χ3v) is 9.90. The van der Waals surface area contributed by atoms with E-state index in [0.29, 0.717) is 26.1 Å². The summed E-state index contributed by atoms with van der Waals surface area (Å²) in [5.41, 5.74) is 0.0433. The Morgan fingerprint density at radius 1 is 0.867 bits per heavy atom. The quantitative estimate of drug-likeness (QED) is 0.221. The van der Waals surface area contributed by atoms with Gasteiger partial charge in [-0.05, 0) is 57.9 Å². The smallest absolute Gasteiger partial charge is 0.147 e. The Morgan fingerprint density at radius 2 is 1.64 bits per heavy atom. The van der Waals surface area contributed by atoms with Crippen molar-refractivity contribution in [1.29, 1.82) is 0 Å². The molecular formula is C34H54O11. The first kappa shape index (κ1) is 35.1. The van der Waals surface area contributed by atoms with Crippen LogP contribution >= 0.6 is 0 Å². The third-order valence-electron chi connectivity index (χ3n) is 9.90. The monoisotopic (exact) mass is 638 g/mol. The van der Waals surface area contributed by atoms with E-state index >= 15 is 0 Å². The number of ether oxygens (including phenoxy) is 10. The van der Waals surface area contributed by atoms with E-state index in [1.165, 1.54) is 0 Å². The molecule has 0 saturated carbocycles. The van der Waals surface area contributed by atoms with E-state index in [1.807, 2.05) is 30.3 Å². The van der Waals surface area contributed by atoms with Crippen molar-refractivity contribution >= 4 is 0 Å². The zero-order valence-corrected chi connectivity index (χ0v) is 27.4. The molecule has 0 radical (unpaired) electrons. The molecule has 0 aromatic heterocycles. The molecule has 4 heterocycles. The number of benzene rings is 1. The van der Waals surface area contributed by atoms with Gasteiger partial charge < -0.3 is 52.5 Å². The molecule has 1 aromatic carbocycles. The van der Waals surface area contributed by atoms with Crippen LogP contribution in [0.15, 0.2) is 30.3 Å².